The summed E-state index contributed by atoms with van der Waals surface area (Å²) in [6.07, 6.45) is -3.30. The second kappa shape index (κ2) is 5.75. The standard InChI is InChI=1S/C15H13F5N2O/c1-14(2,3)8-4-10(16)12(11(17)5-8)23-9-6-21-13(22-7-9)15(18,19)20/h4-7H,1-3H3. The summed E-state index contributed by atoms with van der Waals surface area (Å²) in [6, 6.07) is 2.23. The molecule has 0 saturated heterocycles. The minimum absolute atomic E-state index is 0.306. The lowest BCUT2D eigenvalue weighted by Crippen LogP contribution is -2.12. The molecule has 0 unspecified atom stereocenters. The molecule has 0 aliphatic carbocycles. The van der Waals surface area contributed by atoms with E-state index >= 15 is 0 Å². The van der Waals surface area contributed by atoms with Gasteiger partial charge in [-0.25, -0.2) is 18.7 Å². The van der Waals surface area contributed by atoms with Gasteiger partial charge in [0.2, 0.25) is 5.82 Å². The van der Waals surface area contributed by atoms with E-state index in [1.54, 1.807) is 20.8 Å². The molecule has 2 aromatic rings. The van der Waals surface area contributed by atoms with E-state index in [2.05, 4.69) is 9.97 Å². The topological polar surface area (TPSA) is 35.0 Å². The van der Waals surface area contributed by atoms with Crippen LogP contribution in [0.1, 0.15) is 32.2 Å². The number of rotatable bonds is 2. The number of alkyl halides is 3. The molecule has 0 spiro atoms. The largest absolute Gasteiger partial charge is 0.451 e. The molecule has 0 aliphatic heterocycles. The summed E-state index contributed by atoms with van der Waals surface area (Å²) < 4.78 is 70.0. The third-order valence-electron chi connectivity index (χ3n) is 2.97. The Kier molecular flexibility index (Phi) is 4.28. The molecule has 0 atom stereocenters. The molecular weight excluding hydrogens is 319 g/mol. The highest BCUT2D eigenvalue weighted by Crippen LogP contribution is 2.33. The van der Waals surface area contributed by atoms with E-state index in [-0.39, 0.29) is 5.75 Å². The smallest absolute Gasteiger partial charge is 0.448 e. The summed E-state index contributed by atoms with van der Waals surface area (Å²) in [7, 11) is 0. The van der Waals surface area contributed by atoms with Gasteiger partial charge < -0.3 is 4.74 Å². The maximum atomic E-state index is 14.0. The van der Waals surface area contributed by atoms with Gasteiger partial charge in [0.25, 0.3) is 0 Å². The van der Waals surface area contributed by atoms with Gasteiger partial charge in [-0.3, -0.25) is 0 Å². The van der Waals surface area contributed by atoms with Crippen molar-refractivity contribution in [2.75, 3.05) is 0 Å². The SMILES string of the molecule is CC(C)(C)c1cc(F)c(Oc2cnc(C(F)(F)F)nc2)c(F)c1. The van der Waals surface area contributed by atoms with Crippen LogP contribution in [0.25, 0.3) is 0 Å². The zero-order chi connectivity index (χ0) is 17.4. The van der Waals surface area contributed by atoms with Crippen molar-refractivity contribution in [3.05, 3.63) is 47.5 Å². The van der Waals surface area contributed by atoms with E-state index in [1.807, 2.05) is 0 Å². The molecule has 8 heteroatoms. The molecule has 0 amide bonds. The highest BCUT2D eigenvalue weighted by molar-refractivity contribution is 5.37. The highest BCUT2D eigenvalue weighted by Gasteiger charge is 2.34. The minimum atomic E-state index is -4.70. The Morgan fingerprint density at radius 1 is 0.913 bits per heavy atom. The first-order valence-electron chi connectivity index (χ1n) is 6.55. The number of aromatic nitrogens is 2. The van der Waals surface area contributed by atoms with Gasteiger partial charge in [0.15, 0.2) is 23.1 Å². The van der Waals surface area contributed by atoms with Crippen molar-refractivity contribution < 1.29 is 26.7 Å². The van der Waals surface area contributed by atoms with Crippen LogP contribution in [-0.4, -0.2) is 9.97 Å². The van der Waals surface area contributed by atoms with Crippen LogP contribution in [0.4, 0.5) is 22.0 Å². The van der Waals surface area contributed by atoms with E-state index in [4.69, 9.17) is 4.74 Å². The fourth-order valence-corrected chi connectivity index (χ4v) is 1.72. The molecule has 1 aromatic carbocycles. The Labute approximate surface area is 129 Å². The van der Waals surface area contributed by atoms with E-state index < -0.39 is 34.8 Å². The van der Waals surface area contributed by atoms with Crippen LogP contribution in [0.2, 0.25) is 0 Å². The predicted octanol–water partition coefficient (Wildman–Crippen LogP) is 4.86. The van der Waals surface area contributed by atoms with Crippen LogP contribution in [0.15, 0.2) is 24.5 Å². The molecule has 124 valence electrons. The molecule has 1 aromatic heterocycles. The van der Waals surface area contributed by atoms with Gasteiger partial charge >= 0.3 is 6.18 Å². The molecule has 0 saturated carbocycles. The van der Waals surface area contributed by atoms with Gasteiger partial charge in [0.1, 0.15) is 0 Å². The Hall–Kier alpha value is -2.25. The van der Waals surface area contributed by atoms with E-state index in [0.717, 1.165) is 12.1 Å². The first kappa shape index (κ1) is 17.1. The lowest BCUT2D eigenvalue weighted by molar-refractivity contribution is -0.145. The lowest BCUT2D eigenvalue weighted by atomic mass is 9.87. The third-order valence-corrected chi connectivity index (χ3v) is 2.97. The van der Waals surface area contributed by atoms with Crippen LogP contribution >= 0.6 is 0 Å². The van der Waals surface area contributed by atoms with Gasteiger partial charge in [-0.15, -0.1) is 0 Å². The summed E-state index contributed by atoms with van der Waals surface area (Å²) in [6.45, 7) is 5.35. The van der Waals surface area contributed by atoms with Crippen molar-refractivity contribution in [2.45, 2.75) is 32.4 Å². The maximum absolute atomic E-state index is 14.0. The lowest BCUT2D eigenvalue weighted by Gasteiger charge is -2.20. The number of hydrogen-bond donors (Lipinski definition) is 0. The van der Waals surface area contributed by atoms with Crippen LogP contribution in [0.3, 0.4) is 0 Å². The number of nitrogens with zero attached hydrogens (tertiary/aromatic N) is 2. The zero-order valence-corrected chi connectivity index (χ0v) is 12.5. The van der Waals surface area contributed by atoms with Gasteiger partial charge in [-0.2, -0.15) is 13.2 Å². The highest BCUT2D eigenvalue weighted by atomic mass is 19.4. The van der Waals surface area contributed by atoms with Gasteiger partial charge in [-0.1, -0.05) is 20.8 Å². The number of ether oxygens (including phenoxy) is 1. The van der Waals surface area contributed by atoms with Crippen molar-refractivity contribution in [3.63, 3.8) is 0 Å². The normalized spacial score (nSPS) is 12.3. The molecule has 23 heavy (non-hydrogen) atoms. The number of halogens is 5. The van der Waals surface area contributed by atoms with Gasteiger partial charge in [0.05, 0.1) is 12.4 Å². The van der Waals surface area contributed by atoms with Crippen molar-refractivity contribution >= 4 is 0 Å². The molecule has 0 radical (unpaired) electrons. The van der Waals surface area contributed by atoms with Crippen LogP contribution in [0.5, 0.6) is 11.5 Å². The summed E-state index contributed by atoms with van der Waals surface area (Å²) in [5.74, 6) is -4.32. The second-order valence-corrected chi connectivity index (χ2v) is 5.86. The van der Waals surface area contributed by atoms with E-state index in [0.29, 0.717) is 18.0 Å². The number of benzene rings is 1. The van der Waals surface area contributed by atoms with Crippen LogP contribution < -0.4 is 4.74 Å². The minimum Gasteiger partial charge on any atom is -0.448 e. The first-order chi connectivity index (χ1) is 10.5. The van der Waals surface area contributed by atoms with Crippen molar-refractivity contribution in [1.82, 2.24) is 9.97 Å². The fraction of sp³-hybridized carbons (Fsp3) is 0.333. The predicted molar refractivity (Wildman–Crippen MR) is 72.2 cm³/mol. The Balaban J connectivity index is 2.30. The Morgan fingerprint density at radius 2 is 1.39 bits per heavy atom. The molecular formula is C15H13F5N2O. The first-order valence-corrected chi connectivity index (χ1v) is 6.55. The monoisotopic (exact) mass is 332 g/mol. The third kappa shape index (κ3) is 3.94. The molecule has 0 fully saturated rings. The fourth-order valence-electron chi connectivity index (χ4n) is 1.72. The van der Waals surface area contributed by atoms with Crippen molar-refractivity contribution in [2.24, 2.45) is 0 Å². The average Bonchev–Trinajstić information content (AvgIpc) is 2.41. The van der Waals surface area contributed by atoms with Crippen molar-refractivity contribution in [1.29, 1.82) is 0 Å². The van der Waals surface area contributed by atoms with Gasteiger partial charge in [0, 0.05) is 0 Å². The average molecular weight is 332 g/mol. The molecule has 3 nitrogen and oxygen atoms in total. The molecule has 0 aliphatic rings. The molecule has 0 bridgehead atoms. The van der Waals surface area contributed by atoms with Gasteiger partial charge in [-0.05, 0) is 23.1 Å². The summed E-state index contributed by atoms with van der Waals surface area (Å²) >= 11 is 0. The summed E-state index contributed by atoms with van der Waals surface area (Å²) in [5.41, 5.74) is -0.0546. The van der Waals surface area contributed by atoms with Crippen molar-refractivity contribution in [3.8, 4) is 11.5 Å². The molecule has 0 N–H and O–H groups in total. The zero-order valence-electron chi connectivity index (χ0n) is 12.5. The van der Waals surface area contributed by atoms with E-state index in [9.17, 15) is 22.0 Å². The molecule has 1 heterocycles. The summed E-state index contributed by atoms with van der Waals surface area (Å²) in [4.78, 5) is 6.11. The number of hydrogen-bond acceptors (Lipinski definition) is 3. The Bertz CT molecular complexity index is 682. The Morgan fingerprint density at radius 3 is 1.78 bits per heavy atom. The maximum Gasteiger partial charge on any atom is 0.451 e. The van der Waals surface area contributed by atoms with Crippen LogP contribution in [-0.2, 0) is 11.6 Å². The second-order valence-electron chi connectivity index (χ2n) is 5.86. The quantitative estimate of drug-likeness (QED) is 0.737. The van der Waals surface area contributed by atoms with Crippen LogP contribution in [0, 0.1) is 11.6 Å². The molecule has 2 rings (SSSR count). The van der Waals surface area contributed by atoms with E-state index in [1.165, 1.54) is 0 Å². The summed E-state index contributed by atoms with van der Waals surface area (Å²) in [5, 5.41) is 0.